The first-order valence-corrected chi connectivity index (χ1v) is 7.11. The molecule has 0 fully saturated rings. The fraction of sp³-hybridized carbons (Fsp3) is 0.400. The maximum absolute atomic E-state index is 11.8. The standard InChI is InChI=1S/C10H13ClN2O4S/c1-3-6(2)18(16,17)13-9-5-7(10(14)15)4-8(11)12-9/h4-6H,3H2,1-2H3,(H,12,13)(H,14,15). The van der Waals surface area contributed by atoms with E-state index >= 15 is 0 Å². The van der Waals surface area contributed by atoms with Crippen LogP contribution in [0.3, 0.4) is 0 Å². The summed E-state index contributed by atoms with van der Waals surface area (Å²) in [5, 5.41) is 8.13. The lowest BCUT2D eigenvalue weighted by Crippen LogP contribution is -2.25. The molecule has 0 saturated carbocycles. The molecule has 0 aliphatic heterocycles. The molecule has 1 atom stereocenters. The number of rotatable bonds is 5. The van der Waals surface area contributed by atoms with E-state index in [1.807, 2.05) is 0 Å². The Bertz CT molecular complexity index is 559. The number of hydrogen-bond acceptors (Lipinski definition) is 4. The Kier molecular flexibility index (Phi) is 4.53. The van der Waals surface area contributed by atoms with Crippen molar-refractivity contribution in [3.63, 3.8) is 0 Å². The smallest absolute Gasteiger partial charge is 0.335 e. The van der Waals surface area contributed by atoms with Gasteiger partial charge in [0.2, 0.25) is 10.0 Å². The van der Waals surface area contributed by atoms with E-state index in [1.165, 1.54) is 0 Å². The Morgan fingerprint density at radius 2 is 2.17 bits per heavy atom. The van der Waals surface area contributed by atoms with Gasteiger partial charge in [-0.25, -0.2) is 18.2 Å². The molecule has 0 aromatic carbocycles. The highest BCUT2D eigenvalue weighted by Crippen LogP contribution is 2.17. The van der Waals surface area contributed by atoms with Gasteiger partial charge >= 0.3 is 5.97 Å². The van der Waals surface area contributed by atoms with E-state index in [0.29, 0.717) is 6.42 Å². The van der Waals surface area contributed by atoms with Crippen molar-refractivity contribution in [1.29, 1.82) is 0 Å². The summed E-state index contributed by atoms with van der Waals surface area (Å²) in [7, 11) is -3.59. The number of carbonyl (C=O) groups is 1. The van der Waals surface area contributed by atoms with Crippen molar-refractivity contribution in [2.75, 3.05) is 4.72 Å². The summed E-state index contributed by atoms with van der Waals surface area (Å²) in [5.41, 5.74) is -0.128. The molecule has 6 nitrogen and oxygen atoms in total. The molecule has 8 heteroatoms. The van der Waals surface area contributed by atoms with Crippen LogP contribution in [0.4, 0.5) is 5.82 Å². The lowest BCUT2D eigenvalue weighted by molar-refractivity contribution is 0.0697. The Hall–Kier alpha value is -1.34. The van der Waals surface area contributed by atoms with Crippen LogP contribution in [0.1, 0.15) is 30.6 Å². The van der Waals surface area contributed by atoms with E-state index < -0.39 is 21.2 Å². The van der Waals surface area contributed by atoms with Crippen molar-refractivity contribution < 1.29 is 18.3 Å². The van der Waals surface area contributed by atoms with E-state index in [4.69, 9.17) is 16.7 Å². The molecule has 1 rings (SSSR count). The molecule has 100 valence electrons. The third kappa shape index (κ3) is 3.58. The van der Waals surface area contributed by atoms with Crippen LogP contribution in [0.5, 0.6) is 0 Å². The Balaban J connectivity index is 3.09. The number of anilines is 1. The molecular weight excluding hydrogens is 280 g/mol. The van der Waals surface area contributed by atoms with Crippen LogP contribution < -0.4 is 4.72 Å². The molecule has 0 aliphatic rings. The maximum atomic E-state index is 11.8. The van der Waals surface area contributed by atoms with E-state index in [-0.39, 0.29) is 16.5 Å². The quantitative estimate of drug-likeness (QED) is 0.809. The predicted molar refractivity (Wildman–Crippen MR) is 68.5 cm³/mol. The van der Waals surface area contributed by atoms with Crippen LogP contribution in [0, 0.1) is 0 Å². The summed E-state index contributed by atoms with van der Waals surface area (Å²) in [4.78, 5) is 14.5. The van der Waals surface area contributed by atoms with Gasteiger partial charge in [0.1, 0.15) is 11.0 Å². The number of nitrogens with zero attached hydrogens (tertiary/aromatic N) is 1. The van der Waals surface area contributed by atoms with Gasteiger partial charge in [0, 0.05) is 0 Å². The van der Waals surface area contributed by atoms with Crippen LogP contribution in [0.15, 0.2) is 12.1 Å². The number of carboxylic acid groups (broad SMARTS) is 1. The van der Waals surface area contributed by atoms with Gasteiger partial charge < -0.3 is 5.11 Å². The first-order valence-electron chi connectivity index (χ1n) is 5.18. The summed E-state index contributed by atoms with van der Waals surface area (Å²) in [6, 6.07) is 2.26. The molecule has 0 saturated heterocycles. The van der Waals surface area contributed by atoms with Crippen LogP contribution in [-0.2, 0) is 10.0 Å². The number of aromatic carboxylic acids is 1. The van der Waals surface area contributed by atoms with Crippen molar-refractivity contribution in [3.8, 4) is 0 Å². The van der Waals surface area contributed by atoms with Gasteiger partial charge in [0.25, 0.3) is 0 Å². The Morgan fingerprint density at radius 3 is 2.67 bits per heavy atom. The molecule has 2 N–H and O–H groups in total. The zero-order valence-electron chi connectivity index (χ0n) is 9.84. The van der Waals surface area contributed by atoms with Crippen LogP contribution in [0.2, 0.25) is 5.15 Å². The average Bonchev–Trinajstić information content (AvgIpc) is 2.26. The third-order valence-electron chi connectivity index (χ3n) is 2.39. The second kappa shape index (κ2) is 5.53. The molecule has 18 heavy (non-hydrogen) atoms. The molecule has 1 aromatic heterocycles. The van der Waals surface area contributed by atoms with Gasteiger partial charge in [0.15, 0.2) is 0 Å². The minimum absolute atomic E-state index is 0.0863. The van der Waals surface area contributed by atoms with Gasteiger partial charge in [-0.3, -0.25) is 4.72 Å². The van der Waals surface area contributed by atoms with Gasteiger partial charge in [-0.2, -0.15) is 0 Å². The summed E-state index contributed by atoms with van der Waals surface area (Å²) >= 11 is 5.63. The van der Waals surface area contributed by atoms with Crippen molar-refractivity contribution in [3.05, 3.63) is 22.8 Å². The summed E-state index contributed by atoms with van der Waals surface area (Å²) in [6.07, 6.45) is 0.432. The van der Waals surface area contributed by atoms with Crippen LogP contribution in [0.25, 0.3) is 0 Å². The van der Waals surface area contributed by atoms with Crippen LogP contribution in [-0.4, -0.2) is 29.7 Å². The van der Waals surface area contributed by atoms with Crippen molar-refractivity contribution in [1.82, 2.24) is 4.98 Å². The number of aromatic nitrogens is 1. The number of halogens is 1. The first kappa shape index (κ1) is 14.7. The molecule has 0 bridgehead atoms. The highest BCUT2D eigenvalue weighted by molar-refractivity contribution is 7.93. The van der Waals surface area contributed by atoms with Crippen LogP contribution >= 0.6 is 11.6 Å². The van der Waals surface area contributed by atoms with Crippen molar-refractivity contribution >= 4 is 33.4 Å². The zero-order valence-corrected chi connectivity index (χ0v) is 11.4. The number of hydrogen-bond donors (Lipinski definition) is 2. The van der Waals surface area contributed by atoms with Gasteiger partial charge in [-0.1, -0.05) is 18.5 Å². The minimum atomic E-state index is -3.59. The monoisotopic (exact) mass is 292 g/mol. The lowest BCUT2D eigenvalue weighted by Gasteiger charge is -2.12. The molecule has 0 radical (unpaired) electrons. The summed E-state index contributed by atoms with van der Waals surface area (Å²) in [5.74, 6) is -1.30. The Morgan fingerprint density at radius 1 is 1.56 bits per heavy atom. The number of pyridine rings is 1. The van der Waals surface area contributed by atoms with E-state index in [2.05, 4.69) is 9.71 Å². The highest BCUT2D eigenvalue weighted by atomic mass is 35.5. The molecule has 0 spiro atoms. The fourth-order valence-electron chi connectivity index (χ4n) is 1.14. The second-order valence-electron chi connectivity index (χ2n) is 3.73. The van der Waals surface area contributed by atoms with Crippen molar-refractivity contribution in [2.45, 2.75) is 25.5 Å². The third-order valence-corrected chi connectivity index (χ3v) is 4.47. The minimum Gasteiger partial charge on any atom is -0.478 e. The Labute approximate surface area is 110 Å². The normalized spacial score (nSPS) is 13.1. The highest BCUT2D eigenvalue weighted by Gasteiger charge is 2.20. The molecule has 1 unspecified atom stereocenters. The van der Waals surface area contributed by atoms with Crippen molar-refractivity contribution in [2.24, 2.45) is 0 Å². The average molecular weight is 293 g/mol. The van der Waals surface area contributed by atoms with E-state index in [1.54, 1.807) is 13.8 Å². The van der Waals surface area contributed by atoms with Gasteiger partial charge in [-0.15, -0.1) is 0 Å². The fourth-order valence-corrected chi connectivity index (χ4v) is 2.38. The van der Waals surface area contributed by atoms with Gasteiger partial charge in [0.05, 0.1) is 10.8 Å². The largest absolute Gasteiger partial charge is 0.478 e. The lowest BCUT2D eigenvalue weighted by atomic mass is 10.3. The topological polar surface area (TPSA) is 96.4 Å². The predicted octanol–water partition coefficient (Wildman–Crippen LogP) is 1.97. The number of carboxylic acids is 1. The second-order valence-corrected chi connectivity index (χ2v) is 6.22. The molecule has 1 heterocycles. The summed E-state index contributed by atoms with van der Waals surface area (Å²) in [6.45, 7) is 3.28. The SMILES string of the molecule is CCC(C)S(=O)(=O)Nc1cc(C(=O)O)cc(Cl)n1. The van der Waals surface area contributed by atoms with E-state index in [9.17, 15) is 13.2 Å². The number of nitrogens with one attached hydrogen (secondary N) is 1. The maximum Gasteiger partial charge on any atom is 0.335 e. The van der Waals surface area contributed by atoms with Gasteiger partial charge in [-0.05, 0) is 25.5 Å². The molecule has 0 aliphatic carbocycles. The van der Waals surface area contributed by atoms with E-state index in [0.717, 1.165) is 12.1 Å². The first-order chi connectivity index (χ1) is 8.26. The molecule has 0 amide bonds. The molecular formula is C10H13ClN2O4S. The zero-order chi connectivity index (χ0) is 13.9. The number of sulfonamides is 1. The molecule has 1 aromatic rings. The summed E-state index contributed by atoms with van der Waals surface area (Å²) < 4.78 is 25.8.